The first-order valence-electron chi connectivity index (χ1n) is 9.34. The summed E-state index contributed by atoms with van der Waals surface area (Å²) in [5, 5.41) is 6.34. The molecule has 0 fully saturated rings. The second kappa shape index (κ2) is 8.99. The van der Waals surface area contributed by atoms with Crippen LogP contribution in [0.3, 0.4) is 0 Å². The summed E-state index contributed by atoms with van der Waals surface area (Å²) in [4.78, 5) is 14.5. The van der Waals surface area contributed by atoms with Gasteiger partial charge in [-0.1, -0.05) is 54.6 Å². The van der Waals surface area contributed by atoms with Gasteiger partial charge >= 0.3 is 0 Å². The van der Waals surface area contributed by atoms with Crippen molar-refractivity contribution in [2.45, 2.75) is 20.3 Å². The number of hydrazone groups is 1. The summed E-state index contributed by atoms with van der Waals surface area (Å²) >= 11 is 0. The first kappa shape index (κ1) is 18.6. The highest BCUT2D eigenvalue weighted by atomic mass is 16.2. The first-order chi connectivity index (χ1) is 13.2. The maximum absolute atomic E-state index is 12.2. The van der Waals surface area contributed by atoms with Crippen LogP contribution in [0.1, 0.15) is 25.0 Å². The van der Waals surface area contributed by atoms with E-state index in [2.05, 4.69) is 53.5 Å². The van der Waals surface area contributed by atoms with Crippen molar-refractivity contribution in [3.8, 4) is 0 Å². The van der Waals surface area contributed by atoms with Gasteiger partial charge in [0.2, 0.25) is 5.91 Å². The van der Waals surface area contributed by atoms with Crippen molar-refractivity contribution in [1.29, 1.82) is 0 Å². The zero-order valence-electron chi connectivity index (χ0n) is 15.9. The number of amides is 1. The van der Waals surface area contributed by atoms with Crippen molar-refractivity contribution >= 4 is 28.6 Å². The van der Waals surface area contributed by atoms with E-state index in [0.29, 0.717) is 6.42 Å². The average Bonchev–Trinajstić information content (AvgIpc) is 2.70. The Morgan fingerprint density at radius 2 is 1.67 bits per heavy atom. The highest BCUT2D eigenvalue weighted by Gasteiger charge is 2.06. The van der Waals surface area contributed by atoms with Gasteiger partial charge in [-0.15, -0.1) is 0 Å². The molecular formula is C23H25N3O. The summed E-state index contributed by atoms with van der Waals surface area (Å²) in [5.41, 5.74) is 5.77. The highest BCUT2D eigenvalue weighted by Crippen LogP contribution is 2.19. The topological polar surface area (TPSA) is 44.7 Å². The molecule has 0 aromatic heterocycles. The zero-order valence-corrected chi connectivity index (χ0v) is 15.9. The molecule has 0 unspecified atom stereocenters. The van der Waals surface area contributed by atoms with Crippen LogP contribution in [0.5, 0.6) is 0 Å². The normalized spacial score (nSPS) is 11.0. The van der Waals surface area contributed by atoms with E-state index < -0.39 is 0 Å². The molecule has 138 valence electrons. The molecule has 4 heteroatoms. The molecule has 0 saturated carbocycles. The number of carbonyl (C=O) groups is 1. The van der Waals surface area contributed by atoms with E-state index in [1.54, 1.807) is 6.21 Å². The van der Waals surface area contributed by atoms with Gasteiger partial charge in [0.25, 0.3) is 0 Å². The number of hydrogen-bond acceptors (Lipinski definition) is 3. The van der Waals surface area contributed by atoms with E-state index in [1.807, 2.05) is 42.5 Å². The van der Waals surface area contributed by atoms with Crippen LogP contribution in [0.4, 0.5) is 5.69 Å². The van der Waals surface area contributed by atoms with Crippen LogP contribution in [-0.2, 0) is 11.2 Å². The molecule has 0 spiro atoms. The minimum atomic E-state index is -0.123. The van der Waals surface area contributed by atoms with Gasteiger partial charge in [0.15, 0.2) is 0 Å². The minimum Gasteiger partial charge on any atom is -0.372 e. The van der Waals surface area contributed by atoms with Crippen LogP contribution in [0.25, 0.3) is 10.8 Å². The number of rotatable bonds is 7. The molecule has 4 nitrogen and oxygen atoms in total. The Morgan fingerprint density at radius 3 is 2.41 bits per heavy atom. The van der Waals surface area contributed by atoms with Crippen LogP contribution in [0.2, 0.25) is 0 Å². The van der Waals surface area contributed by atoms with E-state index >= 15 is 0 Å². The summed E-state index contributed by atoms with van der Waals surface area (Å²) in [5.74, 6) is -0.123. The van der Waals surface area contributed by atoms with Gasteiger partial charge < -0.3 is 4.90 Å². The number of anilines is 1. The van der Waals surface area contributed by atoms with Crippen molar-refractivity contribution in [3.05, 3.63) is 77.9 Å². The smallest absolute Gasteiger partial charge is 0.244 e. The third-order valence-corrected chi connectivity index (χ3v) is 4.66. The average molecular weight is 359 g/mol. The Morgan fingerprint density at radius 1 is 0.963 bits per heavy atom. The molecule has 0 saturated heterocycles. The lowest BCUT2D eigenvalue weighted by molar-refractivity contribution is -0.120. The molecule has 0 heterocycles. The Hall–Kier alpha value is -3.14. The molecule has 0 aliphatic carbocycles. The van der Waals surface area contributed by atoms with Gasteiger partial charge in [0.05, 0.1) is 12.6 Å². The Balaban J connectivity index is 1.60. The van der Waals surface area contributed by atoms with Crippen molar-refractivity contribution in [3.63, 3.8) is 0 Å². The Kier molecular flexibility index (Phi) is 6.21. The lowest BCUT2D eigenvalue weighted by Crippen LogP contribution is -2.21. The van der Waals surface area contributed by atoms with Gasteiger partial charge in [0.1, 0.15) is 0 Å². The van der Waals surface area contributed by atoms with Crippen LogP contribution in [0.15, 0.2) is 71.8 Å². The number of benzene rings is 3. The van der Waals surface area contributed by atoms with Crippen molar-refractivity contribution in [2.24, 2.45) is 5.10 Å². The molecule has 3 rings (SSSR count). The van der Waals surface area contributed by atoms with E-state index in [-0.39, 0.29) is 5.91 Å². The third-order valence-electron chi connectivity index (χ3n) is 4.66. The summed E-state index contributed by atoms with van der Waals surface area (Å²) in [6, 6.07) is 22.3. The van der Waals surface area contributed by atoms with Crippen molar-refractivity contribution < 1.29 is 4.79 Å². The molecule has 3 aromatic carbocycles. The van der Waals surface area contributed by atoms with E-state index in [9.17, 15) is 4.79 Å². The second-order valence-electron chi connectivity index (χ2n) is 6.37. The summed E-state index contributed by atoms with van der Waals surface area (Å²) in [7, 11) is 0. The predicted octanol–water partition coefficient (Wildman–Crippen LogP) is 4.38. The van der Waals surface area contributed by atoms with Gasteiger partial charge in [-0.25, -0.2) is 5.43 Å². The lowest BCUT2D eigenvalue weighted by atomic mass is 10.0. The Labute approximate surface area is 160 Å². The fourth-order valence-electron chi connectivity index (χ4n) is 3.20. The van der Waals surface area contributed by atoms with Crippen LogP contribution < -0.4 is 10.3 Å². The quantitative estimate of drug-likeness (QED) is 0.503. The summed E-state index contributed by atoms with van der Waals surface area (Å²) in [6.07, 6.45) is 1.98. The standard InChI is InChI=1S/C23H25N3O/c1-3-26(4-2)21-14-12-18(13-15-21)17-24-25-23(27)16-20-10-7-9-19-8-5-6-11-22(19)20/h5-15,17H,3-4,16H2,1-2H3,(H,25,27)/b24-17+. The van der Waals surface area contributed by atoms with Crippen LogP contribution in [-0.4, -0.2) is 25.2 Å². The van der Waals surface area contributed by atoms with Crippen LogP contribution >= 0.6 is 0 Å². The third kappa shape index (κ3) is 4.73. The van der Waals surface area contributed by atoms with E-state index in [1.165, 1.54) is 5.69 Å². The van der Waals surface area contributed by atoms with E-state index in [4.69, 9.17) is 0 Å². The van der Waals surface area contributed by atoms with Crippen molar-refractivity contribution in [1.82, 2.24) is 5.43 Å². The van der Waals surface area contributed by atoms with Gasteiger partial charge in [-0.05, 0) is 47.9 Å². The fraction of sp³-hybridized carbons (Fsp3) is 0.217. The molecule has 1 N–H and O–H groups in total. The monoisotopic (exact) mass is 359 g/mol. The van der Waals surface area contributed by atoms with Gasteiger partial charge in [-0.3, -0.25) is 4.79 Å². The van der Waals surface area contributed by atoms with Crippen molar-refractivity contribution in [2.75, 3.05) is 18.0 Å². The lowest BCUT2D eigenvalue weighted by Gasteiger charge is -2.20. The number of nitrogens with zero attached hydrogens (tertiary/aromatic N) is 2. The molecule has 0 radical (unpaired) electrons. The summed E-state index contributed by atoms with van der Waals surface area (Å²) < 4.78 is 0. The van der Waals surface area contributed by atoms with Crippen LogP contribution in [0, 0.1) is 0 Å². The number of nitrogens with one attached hydrogen (secondary N) is 1. The van der Waals surface area contributed by atoms with Gasteiger partial charge in [0, 0.05) is 18.8 Å². The maximum Gasteiger partial charge on any atom is 0.244 e. The molecule has 0 aliphatic rings. The maximum atomic E-state index is 12.2. The van der Waals surface area contributed by atoms with Gasteiger partial charge in [-0.2, -0.15) is 5.10 Å². The fourth-order valence-corrected chi connectivity index (χ4v) is 3.20. The molecule has 0 bridgehead atoms. The molecule has 1 amide bonds. The largest absolute Gasteiger partial charge is 0.372 e. The summed E-state index contributed by atoms with van der Waals surface area (Å²) in [6.45, 7) is 6.25. The SMILES string of the molecule is CCN(CC)c1ccc(/C=N/NC(=O)Cc2cccc3ccccc23)cc1. The molecule has 0 atom stereocenters. The molecule has 3 aromatic rings. The highest BCUT2D eigenvalue weighted by molar-refractivity contribution is 5.90. The number of hydrogen-bond donors (Lipinski definition) is 1. The Bertz CT molecular complexity index is 923. The molecule has 0 aliphatic heterocycles. The molecular weight excluding hydrogens is 334 g/mol. The van der Waals surface area contributed by atoms with E-state index in [0.717, 1.165) is 35.0 Å². The number of fused-ring (bicyclic) bond motifs is 1. The predicted molar refractivity (Wildman–Crippen MR) is 113 cm³/mol. The zero-order chi connectivity index (χ0) is 19.1. The first-order valence-corrected chi connectivity index (χ1v) is 9.34. The second-order valence-corrected chi connectivity index (χ2v) is 6.37. The molecule has 27 heavy (non-hydrogen) atoms. The number of carbonyl (C=O) groups excluding carboxylic acids is 1. The minimum absolute atomic E-state index is 0.123.